The quantitative estimate of drug-likeness (QED) is 0.373. The molecule has 0 unspecified atom stereocenters. The average molecular weight is 412 g/mol. The second-order valence-electron chi connectivity index (χ2n) is 6.65. The lowest BCUT2D eigenvalue weighted by atomic mass is 10.0. The molecule has 0 spiro atoms. The standard InChI is InChI=1S/C22H20O8/c1-10(2)13(23)6-11-7-15(27-3)18-16(8-11)30-20-12(19(18)25)9-14(24)17(21(20)28-4)22(26)29-5/h7-9,24H,1,6H2,2-5H3. The summed E-state index contributed by atoms with van der Waals surface area (Å²) in [4.78, 5) is 37.4. The molecular formula is C22H20O8. The van der Waals surface area contributed by atoms with Crippen molar-refractivity contribution in [2.24, 2.45) is 0 Å². The van der Waals surface area contributed by atoms with Crippen molar-refractivity contribution in [1.82, 2.24) is 0 Å². The van der Waals surface area contributed by atoms with Crippen molar-refractivity contribution in [2.45, 2.75) is 13.3 Å². The van der Waals surface area contributed by atoms with Crippen LogP contribution in [-0.4, -0.2) is 38.2 Å². The number of phenols is 1. The normalized spacial score (nSPS) is 10.8. The third-order valence-electron chi connectivity index (χ3n) is 4.68. The van der Waals surface area contributed by atoms with E-state index in [1.165, 1.54) is 14.2 Å². The van der Waals surface area contributed by atoms with Crippen molar-refractivity contribution in [3.05, 3.63) is 51.7 Å². The van der Waals surface area contributed by atoms with Crippen LogP contribution in [0.2, 0.25) is 0 Å². The highest BCUT2D eigenvalue weighted by Gasteiger charge is 2.26. The Kier molecular flexibility index (Phi) is 5.51. The van der Waals surface area contributed by atoms with E-state index in [2.05, 4.69) is 11.3 Å². The Labute approximate surface area is 171 Å². The Bertz CT molecular complexity index is 1270. The molecule has 0 fully saturated rings. The van der Waals surface area contributed by atoms with Gasteiger partial charge in [-0.3, -0.25) is 9.59 Å². The molecule has 1 aromatic heterocycles. The molecule has 0 bridgehead atoms. The number of benzene rings is 2. The number of hydrogen-bond acceptors (Lipinski definition) is 8. The first kappa shape index (κ1) is 20.9. The van der Waals surface area contributed by atoms with Crippen molar-refractivity contribution < 1.29 is 33.3 Å². The number of allylic oxidation sites excluding steroid dienone is 1. The number of fused-ring (bicyclic) bond motifs is 2. The third-order valence-corrected chi connectivity index (χ3v) is 4.68. The lowest BCUT2D eigenvalue weighted by Gasteiger charge is -2.13. The zero-order valence-corrected chi connectivity index (χ0v) is 17.0. The third kappa shape index (κ3) is 3.36. The molecular weight excluding hydrogens is 392 g/mol. The minimum Gasteiger partial charge on any atom is -0.507 e. The molecule has 0 radical (unpaired) electrons. The van der Waals surface area contributed by atoms with Gasteiger partial charge in [-0.25, -0.2) is 4.79 Å². The van der Waals surface area contributed by atoms with Crippen LogP contribution in [-0.2, 0) is 16.0 Å². The molecule has 0 atom stereocenters. The topological polar surface area (TPSA) is 112 Å². The minimum atomic E-state index is -0.854. The number of ether oxygens (including phenoxy) is 3. The Morgan fingerprint density at radius 3 is 2.40 bits per heavy atom. The van der Waals surface area contributed by atoms with E-state index in [0.29, 0.717) is 11.1 Å². The summed E-state index contributed by atoms with van der Waals surface area (Å²) in [5, 5.41) is 10.4. The minimum absolute atomic E-state index is 0.00596. The van der Waals surface area contributed by atoms with Crippen LogP contribution in [0.25, 0.3) is 21.9 Å². The Morgan fingerprint density at radius 2 is 1.83 bits per heavy atom. The zero-order valence-electron chi connectivity index (χ0n) is 17.0. The maximum atomic E-state index is 13.2. The number of esters is 1. The predicted octanol–water partition coefficient (Wildman–Crippen LogP) is 3.14. The van der Waals surface area contributed by atoms with Crippen LogP contribution in [0.3, 0.4) is 0 Å². The number of carbonyl (C=O) groups is 2. The van der Waals surface area contributed by atoms with Crippen LogP contribution < -0.4 is 14.9 Å². The van der Waals surface area contributed by atoms with Crippen LogP contribution in [0.5, 0.6) is 17.2 Å². The lowest BCUT2D eigenvalue weighted by molar-refractivity contribution is -0.114. The monoisotopic (exact) mass is 412 g/mol. The smallest absolute Gasteiger partial charge is 0.345 e. The molecule has 0 aliphatic rings. The summed E-state index contributed by atoms with van der Waals surface area (Å²) in [5.74, 6) is -1.44. The summed E-state index contributed by atoms with van der Waals surface area (Å²) in [6.45, 7) is 5.25. The molecule has 156 valence electrons. The van der Waals surface area contributed by atoms with E-state index in [4.69, 9.17) is 13.9 Å². The van der Waals surface area contributed by atoms with E-state index in [-0.39, 0.29) is 51.2 Å². The SMILES string of the molecule is C=C(C)C(=O)Cc1cc(OC)c2c(=O)c3cc(O)c(C(=O)OC)c(OC)c3oc2c1. The molecule has 0 saturated heterocycles. The van der Waals surface area contributed by atoms with Crippen LogP contribution in [0.15, 0.2) is 39.6 Å². The van der Waals surface area contributed by atoms with Crippen LogP contribution >= 0.6 is 0 Å². The molecule has 3 rings (SSSR count). The summed E-state index contributed by atoms with van der Waals surface area (Å²) in [5.41, 5.74) is 0.283. The van der Waals surface area contributed by atoms with E-state index in [0.717, 1.165) is 13.2 Å². The molecule has 8 heteroatoms. The van der Waals surface area contributed by atoms with E-state index in [9.17, 15) is 19.5 Å². The number of Topliss-reactive ketones (excluding diaryl/α,β-unsaturated/α-hetero) is 1. The predicted molar refractivity (Wildman–Crippen MR) is 110 cm³/mol. The molecule has 1 N–H and O–H groups in total. The van der Waals surface area contributed by atoms with Gasteiger partial charge < -0.3 is 23.7 Å². The number of rotatable bonds is 6. The molecule has 0 amide bonds. The molecule has 30 heavy (non-hydrogen) atoms. The van der Waals surface area contributed by atoms with E-state index in [1.54, 1.807) is 19.1 Å². The van der Waals surface area contributed by atoms with Gasteiger partial charge in [0.25, 0.3) is 0 Å². The van der Waals surface area contributed by atoms with E-state index >= 15 is 0 Å². The van der Waals surface area contributed by atoms with Crippen molar-refractivity contribution in [2.75, 3.05) is 21.3 Å². The van der Waals surface area contributed by atoms with Crippen LogP contribution in [0.1, 0.15) is 22.8 Å². The molecule has 1 heterocycles. The summed E-state index contributed by atoms with van der Waals surface area (Å²) >= 11 is 0. The van der Waals surface area contributed by atoms with Gasteiger partial charge in [0.2, 0.25) is 5.43 Å². The number of methoxy groups -OCH3 is 3. The van der Waals surface area contributed by atoms with Crippen molar-refractivity contribution in [1.29, 1.82) is 0 Å². The fraction of sp³-hybridized carbons (Fsp3) is 0.227. The van der Waals surface area contributed by atoms with Gasteiger partial charge in [0, 0.05) is 6.42 Å². The maximum absolute atomic E-state index is 13.2. The fourth-order valence-corrected chi connectivity index (χ4v) is 3.18. The highest BCUT2D eigenvalue weighted by atomic mass is 16.5. The number of carbonyl (C=O) groups excluding carboxylic acids is 2. The summed E-state index contributed by atoms with van der Waals surface area (Å²) in [6, 6.07) is 4.24. The fourth-order valence-electron chi connectivity index (χ4n) is 3.18. The molecule has 0 saturated carbocycles. The Morgan fingerprint density at radius 1 is 1.13 bits per heavy atom. The number of ketones is 1. The van der Waals surface area contributed by atoms with Crippen molar-refractivity contribution in [3.63, 3.8) is 0 Å². The highest BCUT2D eigenvalue weighted by molar-refractivity contribution is 6.05. The Hall–Kier alpha value is -3.81. The molecule has 0 aliphatic heterocycles. The Balaban J connectivity index is 2.42. The first-order valence-electron chi connectivity index (χ1n) is 8.87. The van der Waals surface area contributed by atoms with Crippen molar-refractivity contribution >= 4 is 33.7 Å². The second kappa shape index (κ2) is 7.90. The van der Waals surface area contributed by atoms with E-state index < -0.39 is 17.1 Å². The second-order valence-corrected chi connectivity index (χ2v) is 6.65. The van der Waals surface area contributed by atoms with Gasteiger partial charge in [-0.15, -0.1) is 0 Å². The summed E-state index contributed by atoms with van der Waals surface area (Å²) < 4.78 is 21.2. The van der Waals surface area contributed by atoms with Gasteiger partial charge in [-0.1, -0.05) is 6.58 Å². The number of hydrogen-bond donors (Lipinski definition) is 1. The molecule has 0 aliphatic carbocycles. The number of aromatic hydroxyl groups is 1. The molecule has 3 aromatic rings. The van der Waals surface area contributed by atoms with Gasteiger partial charge in [-0.05, 0) is 36.3 Å². The average Bonchev–Trinajstić information content (AvgIpc) is 2.72. The van der Waals surface area contributed by atoms with Gasteiger partial charge >= 0.3 is 5.97 Å². The maximum Gasteiger partial charge on any atom is 0.345 e. The van der Waals surface area contributed by atoms with E-state index in [1.807, 2.05) is 0 Å². The lowest BCUT2D eigenvalue weighted by Crippen LogP contribution is -2.10. The zero-order chi connectivity index (χ0) is 22.2. The van der Waals surface area contributed by atoms with Gasteiger partial charge in [0.1, 0.15) is 28.0 Å². The first-order chi connectivity index (χ1) is 14.2. The van der Waals surface area contributed by atoms with Gasteiger partial charge in [0.05, 0.1) is 26.7 Å². The van der Waals surface area contributed by atoms with Crippen LogP contribution in [0, 0.1) is 0 Å². The van der Waals surface area contributed by atoms with Crippen LogP contribution in [0.4, 0.5) is 0 Å². The summed E-state index contributed by atoms with van der Waals surface area (Å²) in [7, 11) is 3.81. The number of phenolic OH excluding ortho intramolecular Hbond substituents is 1. The molecule has 8 nitrogen and oxygen atoms in total. The highest BCUT2D eigenvalue weighted by Crippen LogP contribution is 2.38. The first-order valence-corrected chi connectivity index (χ1v) is 8.87. The van der Waals surface area contributed by atoms with Gasteiger partial charge in [-0.2, -0.15) is 0 Å². The van der Waals surface area contributed by atoms with Gasteiger partial charge in [0.15, 0.2) is 17.1 Å². The largest absolute Gasteiger partial charge is 0.507 e. The molecule has 2 aromatic carbocycles. The van der Waals surface area contributed by atoms with Crippen molar-refractivity contribution in [3.8, 4) is 17.2 Å². The summed E-state index contributed by atoms with van der Waals surface area (Å²) in [6.07, 6.45) is 0.0451.